The number of aliphatic hydroxyl groups excluding tert-OH is 3. The van der Waals surface area contributed by atoms with Crippen LogP contribution in [0.15, 0.2) is 0 Å². The smallest absolute Gasteiger partial charge is 0.358 e. The van der Waals surface area contributed by atoms with Crippen LogP contribution in [0.4, 0.5) is 0 Å². The maximum atomic E-state index is 12.1. The highest BCUT2D eigenvalue weighted by Crippen LogP contribution is 2.38. The topological polar surface area (TPSA) is 148 Å². The van der Waals surface area contributed by atoms with E-state index in [0.717, 1.165) is 7.11 Å². The third kappa shape index (κ3) is 3.54. The molecule has 10 heteroatoms. The number of carbonyl (C=O) groups excluding carboxylic acids is 2. The third-order valence-electron chi connectivity index (χ3n) is 4.20. The maximum absolute atomic E-state index is 12.1. The second kappa shape index (κ2) is 8.49. The zero-order chi connectivity index (χ0) is 19.4. The quantitative estimate of drug-likeness (QED) is 0.541. The number of rotatable bonds is 6. The highest BCUT2D eigenvalue weighted by molar-refractivity contribution is 5.93. The minimum Gasteiger partial charge on any atom is -0.464 e. The Labute approximate surface area is 149 Å². The average molecular weight is 370 g/mol. The molecule has 1 aromatic heterocycles. The molecule has 3 N–H and O–H groups in total. The van der Waals surface area contributed by atoms with Gasteiger partial charge in [0.1, 0.15) is 24.4 Å². The summed E-state index contributed by atoms with van der Waals surface area (Å²) in [5, 5.41) is 37.3. The van der Waals surface area contributed by atoms with Crippen LogP contribution in [0.1, 0.15) is 51.6 Å². The Balaban J connectivity index is 2.69. The lowest BCUT2D eigenvalue weighted by Gasteiger charge is -2.21. The van der Waals surface area contributed by atoms with Crippen LogP contribution in [-0.4, -0.2) is 76.6 Å². The Kier molecular flexibility index (Phi) is 6.59. The van der Waals surface area contributed by atoms with Crippen LogP contribution >= 0.6 is 0 Å². The van der Waals surface area contributed by atoms with Gasteiger partial charge in [0.2, 0.25) is 0 Å². The normalized spacial score (nSPS) is 25.2. The van der Waals surface area contributed by atoms with Gasteiger partial charge in [-0.05, 0) is 12.0 Å². The molecule has 1 aliphatic rings. The molecular formula is C16H22N2O8. The van der Waals surface area contributed by atoms with Crippen molar-refractivity contribution < 1.29 is 39.1 Å². The highest BCUT2D eigenvalue weighted by Gasteiger charge is 2.46. The summed E-state index contributed by atoms with van der Waals surface area (Å²) < 4.78 is 14.9. The molecule has 144 valence electrons. The van der Waals surface area contributed by atoms with Crippen LogP contribution in [0.5, 0.6) is 0 Å². The van der Waals surface area contributed by atoms with Crippen LogP contribution in [0.3, 0.4) is 0 Å². The zero-order valence-corrected chi connectivity index (χ0v) is 14.7. The number of nitrogens with zero attached hydrogens (tertiary/aromatic N) is 2. The SMILES string of the molecule is CCCc1c(C(=O)OC)nnc(C(=O)OC)c1[C@@H]1O[C@H](CO)[C@@H](O)[C@H]1O. The summed E-state index contributed by atoms with van der Waals surface area (Å²) in [5.41, 5.74) is 0.0503. The molecular weight excluding hydrogens is 348 g/mol. The van der Waals surface area contributed by atoms with E-state index in [4.69, 9.17) is 14.2 Å². The summed E-state index contributed by atoms with van der Waals surface area (Å²) in [7, 11) is 2.33. The van der Waals surface area contributed by atoms with Gasteiger partial charge >= 0.3 is 11.9 Å². The summed E-state index contributed by atoms with van der Waals surface area (Å²) in [6, 6.07) is 0. The van der Waals surface area contributed by atoms with Gasteiger partial charge in [0, 0.05) is 5.56 Å². The van der Waals surface area contributed by atoms with Crippen LogP contribution in [0, 0.1) is 0 Å². The molecule has 1 aromatic rings. The van der Waals surface area contributed by atoms with Crippen molar-refractivity contribution in [3.8, 4) is 0 Å². The number of hydrogen-bond acceptors (Lipinski definition) is 10. The van der Waals surface area contributed by atoms with E-state index in [9.17, 15) is 24.9 Å². The van der Waals surface area contributed by atoms with Crippen LogP contribution in [0.2, 0.25) is 0 Å². The standard InChI is InChI=1S/C16H22N2O8/c1-4-5-7-9(14-13(21)12(20)8(6-19)26-14)11(16(23)25-3)18-17-10(7)15(22)24-2/h8,12-14,19-21H,4-6H2,1-3H3/t8-,12-,13-,14+/m1/s1. The van der Waals surface area contributed by atoms with E-state index in [0.29, 0.717) is 18.4 Å². The van der Waals surface area contributed by atoms with E-state index in [2.05, 4.69) is 10.2 Å². The molecule has 0 saturated carbocycles. The molecule has 0 aliphatic carbocycles. The molecule has 0 spiro atoms. The van der Waals surface area contributed by atoms with E-state index < -0.39 is 43.0 Å². The predicted molar refractivity (Wildman–Crippen MR) is 85.4 cm³/mol. The summed E-state index contributed by atoms with van der Waals surface area (Å²) in [4.78, 5) is 24.2. The Hall–Kier alpha value is -2.14. The molecule has 10 nitrogen and oxygen atoms in total. The Morgan fingerprint density at radius 2 is 1.65 bits per heavy atom. The Bertz CT molecular complexity index is 680. The Morgan fingerprint density at radius 1 is 1.08 bits per heavy atom. The van der Waals surface area contributed by atoms with Crippen molar-refractivity contribution in [3.05, 3.63) is 22.5 Å². The molecule has 0 amide bonds. The summed E-state index contributed by atoms with van der Waals surface area (Å²) in [5.74, 6) is -1.59. The van der Waals surface area contributed by atoms with Crippen LogP contribution < -0.4 is 0 Å². The molecule has 0 radical (unpaired) electrons. The minimum atomic E-state index is -1.44. The fraction of sp³-hybridized carbons (Fsp3) is 0.625. The van der Waals surface area contributed by atoms with Crippen molar-refractivity contribution in [1.29, 1.82) is 0 Å². The number of hydrogen-bond donors (Lipinski definition) is 3. The largest absolute Gasteiger partial charge is 0.464 e. The molecule has 4 atom stereocenters. The molecule has 0 aromatic carbocycles. The van der Waals surface area contributed by atoms with Gasteiger partial charge in [0.15, 0.2) is 11.4 Å². The number of carbonyl (C=O) groups is 2. The van der Waals surface area contributed by atoms with Crippen molar-refractivity contribution >= 4 is 11.9 Å². The van der Waals surface area contributed by atoms with Crippen LogP contribution in [0.25, 0.3) is 0 Å². The van der Waals surface area contributed by atoms with Crippen molar-refractivity contribution in [2.45, 2.75) is 44.2 Å². The summed E-state index contributed by atoms with van der Waals surface area (Å²) in [6.07, 6.45) is -4.17. The maximum Gasteiger partial charge on any atom is 0.358 e. The van der Waals surface area contributed by atoms with Crippen molar-refractivity contribution in [2.24, 2.45) is 0 Å². The first kappa shape index (κ1) is 20.2. The Morgan fingerprint density at radius 3 is 2.15 bits per heavy atom. The second-order valence-electron chi connectivity index (χ2n) is 5.78. The molecule has 26 heavy (non-hydrogen) atoms. The predicted octanol–water partition coefficient (Wildman–Crippen LogP) is -0.844. The van der Waals surface area contributed by atoms with Crippen molar-refractivity contribution in [3.63, 3.8) is 0 Å². The molecule has 1 fully saturated rings. The molecule has 0 bridgehead atoms. The van der Waals surface area contributed by atoms with E-state index in [1.54, 1.807) is 0 Å². The lowest BCUT2D eigenvalue weighted by molar-refractivity contribution is -0.0235. The average Bonchev–Trinajstić information content (AvgIpc) is 2.94. The van der Waals surface area contributed by atoms with Gasteiger partial charge < -0.3 is 29.5 Å². The lowest BCUT2D eigenvalue weighted by Crippen LogP contribution is -2.33. The summed E-state index contributed by atoms with van der Waals surface area (Å²) >= 11 is 0. The van der Waals surface area contributed by atoms with E-state index in [1.807, 2.05) is 6.92 Å². The van der Waals surface area contributed by atoms with Gasteiger partial charge in [-0.15, -0.1) is 10.2 Å². The fourth-order valence-electron chi connectivity index (χ4n) is 2.94. The zero-order valence-electron chi connectivity index (χ0n) is 14.7. The number of aromatic nitrogens is 2. The van der Waals surface area contributed by atoms with Crippen LogP contribution in [-0.2, 0) is 20.6 Å². The fourth-order valence-corrected chi connectivity index (χ4v) is 2.94. The third-order valence-corrected chi connectivity index (χ3v) is 4.20. The van der Waals surface area contributed by atoms with Gasteiger partial charge in [0.05, 0.1) is 20.8 Å². The van der Waals surface area contributed by atoms with Gasteiger partial charge in [-0.1, -0.05) is 13.3 Å². The first-order chi connectivity index (χ1) is 12.4. The van der Waals surface area contributed by atoms with Crippen molar-refractivity contribution in [2.75, 3.05) is 20.8 Å². The number of ether oxygens (including phenoxy) is 3. The highest BCUT2D eigenvalue weighted by atomic mass is 16.6. The molecule has 0 unspecified atom stereocenters. The first-order valence-electron chi connectivity index (χ1n) is 8.09. The minimum absolute atomic E-state index is 0.0941. The van der Waals surface area contributed by atoms with Gasteiger partial charge in [-0.3, -0.25) is 0 Å². The molecule has 1 saturated heterocycles. The van der Waals surface area contributed by atoms with E-state index in [1.165, 1.54) is 7.11 Å². The van der Waals surface area contributed by atoms with Gasteiger partial charge in [0.25, 0.3) is 0 Å². The van der Waals surface area contributed by atoms with Crippen molar-refractivity contribution in [1.82, 2.24) is 10.2 Å². The molecule has 1 aliphatic heterocycles. The summed E-state index contributed by atoms with van der Waals surface area (Å²) in [6.45, 7) is 1.31. The lowest BCUT2D eigenvalue weighted by atomic mass is 9.92. The number of methoxy groups -OCH3 is 2. The number of aliphatic hydroxyl groups is 3. The van der Waals surface area contributed by atoms with Gasteiger partial charge in [-0.25, -0.2) is 9.59 Å². The van der Waals surface area contributed by atoms with Gasteiger partial charge in [-0.2, -0.15) is 0 Å². The molecule has 2 heterocycles. The molecule has 2 rings (SSSR count). The van der Waals surface area contributed by atoms with E-state index in [-0.39, 0.29) is 17.0 Å². The first-order valence-corrected chi connectivity index (χ1v) is 8.09. The van der Waals surface area contributed by atoms with E-state index >= 15 is 0 Å². The monoisotopic (exact) mass is 370 g/mol. The number of esters is 2. The second-order valence-corrected chi connectivity index (χ2v) is 5.78.